The molecule has 3 N–H and O–H groups in total. The Balaban J connectivity index is 1.77. The molecular weight excluding hydrogens is 240 g/mol. The number of likely N-dealkylation sites (tertiary alicyclic amines) is 1. The number of rotatable bonds is 4. The molecule has 2 atom stereocenters. The molecule has 102 valence electrons. The molecule has 4 heteroatoms. The first-order valence-corrected chi connectivity index (χ1v) is 6.81. The predicted molar refractivity (Wildman–Crippen MR) is 74.7 cm³/mol. The molecule has 1 fully saturated rings. The SMILES string of the molecule is OC[C@@H]1CN(Cc2cccc3[nH]ccc23)C[C@H]1CO. The van der Waals surface area contributed by atoms with Crippen LogP contribution in [0.1, 0.15) is 5.56 Å². The zero-order valence-electron chi connectivity index (χ0n) is 10.9. The van der Waals surface area contributed by atoms with Crippen molar-refractivity contribution in [2.24, 2.45) is 11.8 Å². The fourth-order valence-corrected chi connectivity index (χ4v) is 3.11. The van der Waals surface area contributed by atoms with Crippen molar-refractivity contribution in [1.29, 1.82) is 0 Å². The van der Waals surface area contributed by atoms with Gasteiger partial charge in [-0.3, -0.25) is 4.90 Å². The van der Waals surface area contributed by atoms with Gasteiger partial charge in [-0.1, -0.05) is 12.1 Å². The maximum atomic E-state index is 9.35. The topological polar surface area (TPSA) is 59.5 Å². The van der Waals surface area contributed by atoms with E-state index in [0.717, 1.165) is 25.2 Å². The minimum absolute atomic E-state index is 0.163. The molecule has 2 heterocycles. The number of nitrogens with one attached hydrogen (secondary N) is 1. The second-order valence-corrected chi connectivity index (χ2v) is 5.44. The Morgan fingerprint density at radius 3 is 2.53 bits per heavy atom. The summed E-state index contributed by atoms with van der Waals surface area (Å²) < 4.78 is 0. The average molecular weight is 260 g/mol. The van der Waals surface area contributed by atoms with E-state index in [2.05, 4.69) is 34.1 Å². The monoisotopic (exact) mass is 260 g/mol. The molecule has 0 amide bonds. The molecule has 1 aliphatic heterocycles. The van der Waals surface area contributed by atoms with Crippen LogP contribution in [0.4, 0.5) is 0 Å². The molecule has 0 unspecified atom stereocenters. The number of aliphatic hydroxyl groups is 2. The molecule has 1 aromatic carbocycles. The molecule has 1 saturated heterocycles. The van der Waals surface area contributed by atoms with Crippen LogP contribution in [0.3, 0.4) is 0 Å². The lowest BCUT2D eigenvalue weighted by atomic mass is 9.98. The van der Waals surface area contributed by atoms with Crippen molar-refractivity contribution in [3.8, 4) is 0 Å². The fourth-order valence-electron chi connectivity index (χ4n) is 3.11. The molecule has 0 spiro atoms. The van der Waals surface area contributed by atoms with Gasteiger partial charge in [-0.2, -0.15) is 0 Å². The zero-order chi connectivity index (χ0) is 13.2. The van der Waals surface area contributed by atoms with Crippen LogP contribution in [0, 0.1) is 11.8 Å². The molecular formula is C15H20N2O2. The van der Waals surface area contributed by atoms with Crippen molar-refractivity contribution in [2.45, 2.75) is 6.54 Å². The number of aliphatic hydroxyl groups excluding tert-OH is 2. The maximum absolute atomic E-state index is 9.35. The van der Waals surface area contributed by atoms with Crippen LogP contribution >= 0.6 is 0 Å². The minimum atomic E-state index is 0.163. The van der Waals surface area contributed by atoms with Gasteiger partial charge in [0.05, 0.1) is 0 Å². The van der Waals surface area contributed by atoms with Gasteiger partial charge in [0.25, 0.3) is 0 Å². The van der Waals surface area contributed by atoms with E-state index >= 15 is 0 Å². The molecule has 0 aliphatic carbocycles. The Bertz CT molecular complexity index is 540. The summed E-state index contributed by atoms with van der Waals surface area (Å²) in [6.07, 6.45) is 1.96. The molecule has 3 rings (SSSR count). The van der Waals surface area contributed by atoms with Crippen LogP contribution in [0.25, 0.3) is 10.9 Å². The number of H-pyrrole nitrogens is 1. The smallest absolute Gasteiger partial charge is 0.0475 e. The number of hydrogen-bond donors (Lipinski definition) is 3. The van der Waals surface area contributed by atoms with E-state index in [1.165, 1.54) is 10.9 Å². The highest BCUT2D eigenvalue weighted by Crippen LogP contribution is 2.26. The second-order valence-electron chi connectivity index (χ2n) is 5.44. The highest BCUT2D eigenvalue weighted by molar-refractivity contribution is 5.82. The number of hydrogen-bond acceptors (Lipinski definition) is 3. The van der Waals surface area contributed by atoms with E-state index in [1.54, 1.807) is 0 Å². The highest BCUT2D eigenvalue weighted by Gasteiger charge is 2.31. The lowest BCUT2D eigenvalue weighted by Gasteiger charge is -2.16. The van der Waals surface area contributed by atoms with Gasteiger partial charge in [0.2, 0.25) is 0 Å². The lowest BCUT2D eigenvalue weighted by molar-refractivity contribution is 0.152. The summed E-state index contributed by atoms with van der Waals surface area (Å²) in [6, 6.07) is 8.40. The summed E-state index contributed by atoms with van der Waals surface area (Å²) in [5, 5.41) is 20.0. The maximum Gasteiger partial charge on any atom is 0.0475 e. The van der Waals surface area contributed by atoms with Crippen LogP contribution < -0.4 is 0 Å². The summed E-state index contributed by atoms with van der Waals surface area (Å²) in [5.74, 6) is 0.408. The number of nitrogens with zero attached hydrogens (tertiary/aromatic N) is 1. The van der Waals surface area contributed by atoms with Gasteiger partial charge in [0.15, 0.2) is 0 Å². The van der Waals surface area contributed by atoms with Crippen LogP contribution in [0.15, 0.2) is 30.5 Å². The van der Waals surface area contributed by atoms with E-state index in [9.17, 15) is 10.2 Å². The van der Waals surface area contributed by atoms with Gasteiger partial charge in [0.1, 0.15) is 0 Å². The van der Waals surface area contributed by atoms with Gasteiger partial charge >= 0.3 is 0 Å². The van der Waals surface area contributed by atoms with Crippen LogP contribution in [-0.2, 0) is 6.54 Å². The molecule has 0 saturated carbocycles. The number of aromatic amines is 1. The number of benzene rings is 1. The zero-order valence-corrected chi connectivity index (χ0v) is 10.9. The van der Waals surface area contributed by atoms with Crippen molar-refractivity contribution >= 4 is 10.9 Å². The largest absolute Gasteiger partial charge is 0.396 e. The predicted octanol–water partition coefficient (Wildman–Crippen LogP) is 1.20. The summed E-state index contributed by atoms with van der Waals surface area (Å²) in [5.41, 5.74) is 2.46. The number of aromatic nitrogens is 1. The third-order valence-electron chi connectivity index (χ3n) is 4.20. The molecule has 0 radical (unpaired) electrons. The highest BCUT2D eigenvalue weighted by atomic mass is 16.3. The first-order chi connectivity index (χ1) is 9.31. The summed E-state index contributed by atoms with van der Waals surface area (Å²) in [4.78, 5) is 5.55. The normalized spacial score (nSPS) is 24.3. The van der Waals surface area contributed by atoms with Gasteiger partial charge < -0.3 is 15.2 Å². The first-order valence-electron chi connectivity index (χ1n) is 6.81. The Hall–Kier alpha value is -1.36. The van der Waals surface area contributed by atoms with Crippen LogP contribution in [0.2, 0.25) is 0 Å². The molecule has 4 nitrogen and oxygen atoms in total. The van der Waals surface area contributed by atoms with E-state index in [0.29, 0.717) is 0 Å². The van der Waals surface area contributed by atoms with Crippen LogP contribution in [-0.4, -0.2) is 46.4 Å². The quantitative estimate of drug-likeness (QED) is 0.774. The summed E-state index contributed by atoms with van der Waals surface area (Å²) in [7, 11) is 0. The van der Waals surface area contributed by atoms with E-state index < -0.39 is 0 Å². The Labute approximate surface area is 112 Å². The van der Waals surface area contributed by atoms with E-state index in [1.807, 2.05) is 6.20 Å². The number of fused-ring (bicyclic) bond motifs is 1. The van der Waals surface area contributed by atoms with Crippen molar-refractivity contribution in [1.82, 2.24) is 9.88 Å². The first kappa shape index (κ1) is 12.7. The molecule has 19 heavy (non-hydrogen) atoms. The minimum Gasteiger partial charge on any atom is -0.396 e. The van der Waals surface area contributed by atoms with Gasteiger partial charge in [-0.05, 0) is 17.7 Å². The Morgan fingerprint density at radius 2 is 1.84 bits per heavy atom. The third kappa shape index (κ3) is 2.39. The van der Waals surface area contributed by atoms with Crippen LogP contribution in [0.5, 0.6) is 0 Å². The van der Waals surface area contributed by atoms with E-state index in [-0.39, 0.29) is 25.0 Å². The van der Waals surface area contributed by atoms with Gasteiger partial charge in [-0.15, -0.1) is 0 Å². The second kappa shape index (κ2) is 5.33. The third-order valence-corrected chi connectivity index (χ3v) is 4.20. The van der Waals surface area contributed by atoms with Crippen molar-refractivity contribution < 1.29 is 10.2 Å². The molecule has 1 aliphatic rings. The standard InChI is InChI=1S/C15H20N2O2/c18-9-12-7-17(8-13(12)10-19)6-11-2-1-3-15-14(11)4-5-16-15/h1-5,12-13,16,18-19H,6-10H2/t12-,13-/m0/s1. The van der Waals surface area contributed by atoms with Crippen molar-refractivity contribution in [3.63, 3.8) is 0 Å². The summed E-state index contributed by atoms with van der Waals surface area (Å²) >= 11 is 0. The van der Waals surface area contributed by atoms with E-state index in [4.69, 9.17) is 0 Å². The Kier molecular flexibility index (Phi) is 3.55. The fraction of sp³-hybridized carbons (Fsp3) is 0.467. The Morgan fingerprint density at radius 1 is 1.11 bits per heavy atom. The molecule has 0 bridgehead atoms. The van der Waals surface area contributed by atoms with Gasteiger partial charge in [-0.25, -0.2) is 0 Å². The van der Waals surface area contributed by atoms with Gasteiger partial charge in [0, 0.05) is 61.8 Å². The molecule has 2 aromatic rings. The molecule has 1 aromatic heterocycles. The van der Waals surface area contributed by atoms with Crippen molar-refractivity contribution in [2.75, 3.05) is 26.3 Å². The summed E-state index contributed by atoms with van der Waals surface area (Å²) in [6.45, 7) is 2.93. The average Bonchev–Trinajstić information content (AvgIpc) is 3.04. The lowest BCUT2D eigenvalue weighted by Crippen LogP contribution is -2.21. The van der Waals surface area contributed by atoms with Crippen molar-refractivity contribution in [3.05, 3.63) is 36.0 Å².